The van der Waals surface area contributed by atoms with Crippen LogP contribution in [0.1, 0.15) is 40.9 Å². The highest BCUT2D eigenvalue weighted by molar-refractivity contribution is 5.34. The lowest BCUT2D eigenvalue weighted by atomic mass is 9.91. The van der Waals surface area contributed by atoms with Crippen molar-refractivity contribution in [3.8, 4) is 0 Å². The largest absolute Gasteiger partial charge is 0.312 e. The molecule has 2 atom stereocenters. The van der Waals surface area contributed by atoms with E-state index < -0.39 is 0 Å². The van der Waals surface area contributed by atoms with E-state index in [9.17, 15) is 0 Å². The summed E-state index contributed by atoms with van der Waals surface area (Å²) in [5.74, 6) is 0.448. The molecule has 0 bridgehead atoms. The number of hydrogen-bond acceptors (Lipinski definition) is 3. The van der Waals surface area contributed by atoms with Crippen molar-refractivity contribution < 1.29 is 0 Å². The van der Waals surface area contributed by atoms with Crippen LogP contribution in [0.4, 0.5) is 0 Å². The first-order chi connectivity index (χ1) is 9.20. The van der Waals surface area contributed by atoms with Gasteiger partial charge >= 0.3 is 0 Å². The summed E-state index contributed by atoms with van der Waals surface area (Å²) in [5.41, 5.74) is 5.04. The van der Waals surface area contributed by atoms with E-state index in [0.29, 0.717) is 12.0 Å². The van der Waals surface area contributed by atoms with E-state index >= 15 is 0 Å². The first kappa shape index (κ1) is 12.4. The molecular formula is C15H20N4. The lowest BCUT2D eigenvalue weighted by molar-refractivity contribution is 0.468. The first-order valence-electron chi connectivity index (χ1n) is 6.82. The third kappa shape index (κ3) is 2.06. The first-order valence-corrected chi connectivity index (χ1v) is 6.82. The lowest BCUT2D eigenvalue weighted by Gasteiger charge is -2.23. The highest BCUT2D eigenvalue weighted by Crippen LogP contribution is 2.40. The van der Waals surface area contributed by atoms with E-state index in [-0.39, 0.29) is 0 Å². The van der Waals surface area contributed by atoms with E-state index in [1.165, 1.54) is 16.8 Å². The minimum atomic E-state index is 0.296. The monoisotopic (exact) mass is 256 g/mol. The van der Waals surface area contributed by atoms with Crippen LogP contribution in [-0.4, -0.2) is 21.8 Å². The fourth-order valence-electron chi connectivity index (χ4n) is 3.27. The maximum Gasteiger partial charge on any atom is 0.0641 e. The molecule has 0 fully saturated rings. The molecular weight excluding hydrogens is 236 g/mol. The molecule has 19 heavy (non-hydrogen) atoms. The van der Waals surface area contributed by atoms with Gasteiger partial charge in [-0.25, -0.2) is 0 Å². The number of pyridine rings is 1. The second-order valence-electron chi connectivity index (χ2n) is 5.30. The van der Waals surface area contributed by atoms with Crippen molar-refractivity contribution in [3.63, 3.8) is 0 Å². The Morgan fingerprint density at radius 1 is 1.47 bits per heavy atom. The summed E-state index contributed by atoms with van der Waals surface area (Å²) in [5, 5.41) is 7.93. The van der Waals surface area contributed by atoms with Crippen molar-refractivity contribution in [2.24, 2.45) is 7.05 Å². The van der Waals surface area contributed by atoms with E-state index in [1.54, 1.807) is 0 Å². The highest BCUT2D eigenvalue weighted by atomic mass is 15.3. The number of hydrogen-bond donors (Lipinski definition) is 1. The normalized spacial score (nSPS) is 19.4. The summed E-state index contributed by atoms with van der Waals surface area (Å²) >= 11 is 0. The van der Waals surface area contributed by atoms with Crippen molar-refractivity contribution in [3.05, 3.63) is 47.0 Å². The fraction of sp³-hybridized carbons (Fsp3) is 0.467. The van der Waals surface area contributed by atoms with Gasteiger partial charge in [0.2, 0.25) is 0 Å². The zero-order valence-corrected chi connectivity index (χ0v) is 11.7. The van der Waals surface area contributed by atoms with E-state index in [4.69, 9.17) is 0 Å². The van der Waals surface area contributed by atoms with E-state index in [1.807, 2.05) is 31.0 Å². The van der Waals surface area contributed by atoms with Crippen molar-refractivity contribution in [2.75, 3.05) is 7.05 Å². The minimum absolute atomic E-state index is 0.296. The molecule has 1 aliphatic carbocycles. The molecule has 3 rings (SSSR count). The van der Waals surface area contributed by atoms with E-state index in [2.05, 4.69) is 34.6 Å². The van der Waals surface area contributed by atoms with Gasteiger partial charge in [0, 0.05) is 42.7 Å². The second kappa shape index (κ2) is 4.78. The lowest BCUT2D eigenvalue weighted by Crippen LogP contribution is -2.23. The Kier molecular flexibility index (Phi) is 3.11. The summed E-state index contributed by atoms with van der Waals surface area (Å²) in [6.07, 6.45) is 6.31. The van der Waals surface area contributed by atoms with Crippen molar-refractivity contribution in [1.29, 1.82) is 0 Å². The van der Waals surface area contributed by atoms with Crippen LogP contribution in [0.2, 0.25) is 0 Å². The molecule has 1 N–H and O–H groups in total. The molecule has 0 amide bonds. The Morgan fingerprint density at radius 3 is 3.00 bits per heavy atom. The molecule has 0 aromatic carbocycles. The van der Waals surface area contributed by atoms with Crippen LogP contribution in [0.3, 0.4) is 0 Å². The van der Waals surface area contributed by atoms with Gasteiger partial charge in [0.15, 0.2) is 0 Å². The second-order valence-corrected chi connectivity index (χ2v) is 5.30. The summed E-state index contributed by atoms with van der Waals surface area (Å²) in [6, 6.07) is 4.53. The third-order valence-corrected chi connectivity index (χ3v) is 4.10. The predicted molar refractivity (Wildman–Crippen MR) is 75.0 cm³/mol. The fourth-order valence-corrected chi connectivity index (χ4v) is 3.27. The molecule has 4 heteroatoms. The van der Waals surface area contributed by atoms with Gasteiger partial charge in [-0.1, -0.05) is 6.07 Å². The Balaban J connectivity index is 1.99. The SMILES string of the molecule is CNC(c1cn(C)nc1C)C1CCc2cccnc21. The Hall–Kier alpha value is -1.68. The van der Waals surface area contributed by atoms with Crippen LogP contribution < -0.4 is 5.32 Å². The average Bonchev–Trinajstić information content (AvgIpc) is 2.96. The Morgan fingerprint density at radius 2 is 2.32 bits per heavy atom. The summed E-state index contributed by atoms with van der Waals surface area (Å²) < 4.78 is 1.89. The molecule has 0 saturated carbocycles. The van der Waals surface area contributed by atoms with Crippen molar-refractivity contribution in [1.82, 2.24) is 20.1 Å². The molecule has 0 spiro atoms. The van der Waals surface area contributed by atoms with Crippen LogP contribution >= 0.6 is 0 Å². The topological polar surface area (TPSA) is 42.7 Å². The molecule has 4 nitrogen and oxygen atoms in total. The van der Waals surface area contributed by atoms with Crippen LogP contribution in [-0.2, 0) is 13.5 Å². The smallest absolute Gasteiger partial charge is 0.0641 e. The van der Waals surface area contributed by atoms with Gasteiger partial charge in [0.1, 0.15) is 0 Å². The molecule has 2 aromatic rings. The van der Waals surface area contributed by atoms with Gasteiger partial charge in [-0.3, -0.25) is 9.67 Å². The molecule has 0 aliphatic heterocycles. The highest BCUT2D eigenvalue weighted by Gasteiger charge is 2.32. The number of nitrogens with one attached hydrogen (secondary N) is 1. The maximum absolute atomic E-state index is 4.60. The number of rotatable bonds is 3. The van der Waals surface area contributed by atoms with Gasteiger partial charge < -0.3 is 5.32 Å². The molecule has 0 saturated heterocycles. The quantitative estimate of drug-likeness (QED) is 0.914. The zero-order valence-electron chi connectivity index (χ0n) is 11.7. The Bertz CT molecular complexity index is 588. The number of nitrogens with zero attached hydrogens (tertiary/aromatic N) is 3. The van der Waals surface area contributed by atoms with Gasteiger partial charge in [-0.2, -0.15) is 5.10 Å². The van der Waals surface area contributed by atoms with Crippen LogP contribution in [0.25, 0.3) is 0 Å². The summed E-state index contributed by atoms with van der Waals surface area (Å²) in [7, 11) is 4.00. The minimum Gasteiger partial charge on any atom is -0.312 e. The number of fused-ring (bicyclic) bond motifs is 1. The summed E-state index contributed by atoms with van der Waals surface area (Å²) in [4.78, 5) is 4.60. The van der Waals surface area contributed by atoms with Crippen LogP contribution in [0.5, 0.6) is 0 Å². The molecule has 2 unspecified atom stereocenters. The van der Waals surface area contributed by atoms with Gasteiger partial charge in [-0.15, -0.1) is 0 Å². The molecule has 0 radical (unpaired) electrons. The number of aryl methyl sites for hydroxylation is 3. The van der Waals surface area contributed by atoms with Gasteiger partial charge in [-0.05, 0) is 38.4 Å². The number of aromatic nitrogens is 3. The summed E-state index contributed by atoms with van der Waals surface area (Å²) in [6.45, 7) is 2.08. The standard InChI is InChI=1S/C15H20N4/c1-10-13(9-19(3)18-10)15(16-2)12-7-6-11-5-4-8-17-14(11)12/h4-5,8-9,12,15-16H,6-7H2,1-3H3. The maximum atomic E-state index is 4.60. The Labute approximate surface area is 113 Å². The van der Waals surface area contributed by atoms with Gasteiger partial charge in [0.25, 0.3) is 0 Å². The molecule has 1 aliphatic rings. The van der Waals surface area contributed by atoms with Crippen molar-refractivity contribution >= 4 is 0 Å². The third-order valence-electron chi connectivity index (χ3n) is 4.10. The number of likely N-dealkylation sites (N-methyl/N-ethyl adjacent to an activating group) is 1. The molecule has 2 heterocycles. The van der Waals surface area contributed by atoms with Crippen molar-refractivity contribution in [2.45, 2.75) is 31.7 Å². The predicted octanol–water partition coefficient (Wildman–Crippen LogP) is 2.11. The van der Waals surface area contributed by atoms with E-state index in [0.717, 1.165) is 18.5 Å². The van der Waals surface area contributed by atoms with Gasteiger partial charge in [0.05, 0.1) is 5.69 Å². The molecule has 100 valence electrons. The van der Waals surface area contributed by atoms with Crippen LogP contribution in [0, 0.1) is 6.92 Å². The van der Waals surface area contributed by atoms with Crippen LogP contribution in [0.15, 0.2) is 24.5 Å². The molecule has 2 aromatic heterocycles. The average molecular weight is 256 g/mol. The zero-order chi connectivity index (χ0) is 13.4.